The van der Waals surface area contributed by atoms with Crippen LogP contribution in [0.15, 0.2) is 29.6 Å². The molecule has 1 aromatic carbocycles. The minimum atomic E-state index is -0.925. The van der Waals surface area contributed by atoms with E-state index in [4.69, 9.17) is 16.7 Å². The lowest BCUT2D eigenvalue weighted by molar-refractivity contribution is -0.137. The highest BCUT2D eigenvalue weighted by Gasteiger charge is 2.18. The van der Waals surface area contributed by atoms with E-state index in [1.807, 2.05) is 19.1 Å². The minimum Gasteiger partial charge on any atom is -0.481 e. The Balaban J connectivity index is 2.14. The summed E-state index contributed by atoms with van der Waals surface area (Å²) in [4.78, 5) is 28.8. The molecule has 0 unspecified atom stereocenters. The number of hydrogen-bond acceptors (Lipinski definition) is 4. The van der Waals surface area contributed by atoms with Crippen LogP contribution in [-0.2, 0) is 4.79 Å². The molecule has 1 amide bonds. The minimum absolute atomic E-state index is 0.0756. The van der Waals surface area contributed by atoms with Crippen molar-refractivity contribution in [2.24, 2.45) is 0 Å². The van der Waals surface area contributed by atoms with Crippen LogP contribution in [0.4, 0.5) is 0 Å². The van der Waals surface area contributed by atoms with Crippen molar-refractivity contribution < 1.29 is 14.7 Å². The molecule has 0 aliphatic heterocycles. The molecule has 5 nitrogen and oxygen atoms in total. The third-order valence-electron chi connectivity index (χ3n) is 3.08. The SMILES string of the molecule is CCN(CCC(=O)O)C(=O)c1csc(-c2ccc(Cl)cc2)n1. The fourth-order valence-electron chi connectivity index (χ4n) is 1.89. The van der Waals surface area contributed by atoms with Gasteiger partial charge in [-0.3, -0.25) is 9.59 Å². The molecular weight excluding hydrogens is 324 g/mol. The second-order valence-corrected chi connectivity index (χ2v) is 5.87. The molecule has 0 saturated carbocycles. The van der Waals surface area contributed by atoms with Gasteiger partial charge in [0.25, 0.3) is 5.91 Å². The highest BCUT2D eigenvalue weighted by atomic mass is 35.5. The van der Waals surface area contributed by atoms with E-state index in [0.29, 0.717) is 17.3 Å². The lowest BCUT2D eigenvalue weighted by Gasteiger charge is -2.18. The maximum absolute atomic E-state index is 12.3. The summed E-state index contributed by atoms with van der Waals surface area (Å²) in [6, 6.07) is 7.23. The summed E-state index contributed by atoms with van der Waals surface area (Å²) in [5.74, 6) is -1.17. The van der Waals surface area contributed by atoms with E-state index in [1.165, 1.54) is 16.2 Å². The lowest BCUT2D eigenvalue weighted by atomic mass is 10.2. The number of rotatable bonds is 6. The average Bonchev–Trinajstić information content (AvgIpc) is 2.98. The number of aliphatic carboxylic acids is 1. The predicted octanol–water partition coefficient (Wildman–Crippen LogP) is 3.40. The molecule has 2 rings (SSSR count). The second kappa shape index (κ2) is 7.38. The topological polar surface area (TPSA) is 70.5 Å². The molecule has 0 aliphatic carbocycles. The number of carbonyl (C=O) groups excluding carboxylic acids is 1. The Morgan fingerprint density at radius 2 is 2.00 bits per heavy atom. The van der Waals surface area contributed by atoms with Gasteiger partial charge in [-0.25, -0.2) is 4.98 Å². The van der Waals surface area contributed by atoms with Gasteiger partial charge >= 0.3 is 5.97 Å². The molecule has 1 N–H and O–H groups in total. The maximum Gasteiger partial charge on any atom is 0.305 e. The number of carbonyl (C=O) groups is 2. The van der Waals surface area contributed by atoms with Gasteiger partial charge in [0.2, 0.25) is 0 Å². The van der Waals surface area contributed by atoms with Crippen LogP contribution in [-0.4, -0.2) is 40.0 Å². The molecular formula is C15H15ClN2O3S. The second-order valence-electron chi connectivity index (χ2n) is 4.57. The van der Waals surface area contributed by atoms with Crippen LogP contribution in [0.5, 0.6) is 0 Å². The van der Waals surface area contributed by atoms with Gasteiger partial charge in [-0.2, -0.15) is 0 Å². The first-order chi connectivity index (χ1) is 10.5. The van der Waals surface area contributed by atoms with E-state index in [2.05, 4.69) is 4.98 Å². The van der Waals surface area contributed by atoms with Crippen LogP contribution in [0.3, 0.4) is 0 Å². The first-order valence-corrected chi connectivity index (χ1v) is 7.99. The van der Waals surface area contributed by atoms with Crippen LogP contribution in [0, 0.1) is 0 Å². The molecule has 0 bridgehead atoms. The number of benzene rings is 1. The van der Waals surface area contributed by atoms with Crippen molar-refractivity contribution in [3.63, 3.8) is 0 Å². The molecule has 0 fully saturated rings. The number of aromatic nitrogens is 1. The van der Waals surface area contributed by atoms with E-state index < -0.39 is 5.97 Å². The summed E-state index contributed by atoms with van der Waals surface area (Å²) in [6.07, 6.45) is -0.0756. The molecule has 22 heavy (non-hydrogen) atoms. The normalized spacial score (nSPS) is 10.5. The summed E-state index contributed by atoms with van der Waals surface area (Å²) in [5, 5.41) is 11.8. The fourth-order valence-corrected chi connectivity index (χ4v) is 2.82. The Morgan fingerprint density at radius 3 is 2.59 bits per heavy atom. The number of hydrogen-bond donors (Lipinski definition) is 1. The molecule has 1 aromatic heterocycles. The molecule has 0 atom stereocenters. The summed E-state index contributed by atoms with van der Waals surface area (Å²) in [5.41, 5.74) is 1.23. The summed E-state index contributed by atoms with van der Waals surface area (Å²) in [6.45, 7) is 2.44. The number of carboxylic acids is 1. The summed E-state index contributed by atoms with van der Waals surface area (Å²) >= 11 is 7.22. The van der Waals surface area contributed by atoms with Crippen molar-refractivity contribution in [1.82, 2.24) is 9.88 Å². The Labute approximate surface area is 137 Å². The lowest BCUT2D eigenvalue weighted by Crippen LogP contribution is -2.33. The molecule has 116 valence electrons. The standard InChI is InChI=1S/C15H15ClN2O3S/c1-2-18(8-7-13(19)20)15(21)12-9-22-14(17-12)10-3-5-11(16)6-4-10/h3-6,9H,2,7-8H2,1H3,(H,19,20). The smallest absolute Gasteiger partial charge is 0.305 e. The molecule has 1 heterocycles. The van der Waals surface area contributed by atoms with Gasteiger partial charge in [0, 0.05) is 29.1 Å². The number of halogens is 1. The average molecular weight is 339 g/mol. The van der Waals surface area contributed by atoms with Crippen molar-refractivity contribution in [2.75, 3.05) is 13.1 Å². The number of amides is 1. The van der Waals surface area contributed by atoms with Gasteiger partial charge < -0.3 is 10.0 Å². The van der Waals surface area contributed by atoms with Crippen LogP contribution in [0.1, 0.15) is 23.8 Å². The molecule has 7 heteroatoms. The molecule has 0 aliphatic rings. The Kier molecular flexibility index (Phi) is 5.51. The monoisotopic (exact) mass is 338 g/mol. The first kappa shape index (κ1) is 16.5. The van der Waals surface area contributed by atoms with Crippen LogP contribution in [0.25, 0.3) is 10.6 Å². The highest BCUT2D eigenvalue weighted by molar-refractivity contribution is 7.13. The van der Waals surface area contributed by atoms with Gasteiger partial charge in [0.1, 0.15) is 10.7 Å². The Hall–Kier alpha value is -1.92. The highest BCUT2D eigenvalue weighted by Crippen LogP contribution is 2.25. The van der Waals surface area contributed by atoms with Gasteiger partial charge in [0.15, 0.2) is 0 Å². The maximum atomic E-state index is 12.3. The summed E-state index contributed by atoms with van der Waals surface area (Å²) < 4.78 is 0. The van der Waals surface area contributed by atoms with Gasteiger partial charge in [0.05, 0.1) is 6.42 Å². The van der Waals surface area contributed by atoms with Crippen LogP contribution < -0.4 is 0 Å². The zero-order valence-electron chi connectivity index (χ0n) is 12.0. The van der Waals surface area contributed by atoms with Crippen LogP contribution >= 0.6 is 22.9 Å². The third-order valence-corrected chi connectivity index (χ3v) is 4.22. The molecule has 0 radical (unpaired) electrons. The van der Waals surface area contributed by atoms with E-state index in [0.717, 1.165) is 10.6 Å². The van der Waals surface area contributed by atoms with Gasteiger partial charge in [-0.1, -0.05) is 23.7 Å². The Morgan fingerprint density at radius 1 is 1.32 bits per heavy atom. The zero-order chi connectivity index (χ0) is 16.1. The van der Waals surface area contributed by atoms with Crippen molar-refractivity contribution in [2.45, 2.75) is 13.3 Å². The van der Waals surface area contributed by atoms with Gasteiger partial charge in [-0.15, -0.1) is 11.3 Å². The molecule has 0 spiro atoms. The van der Waals surface area contributed by atoms with E-state index in [9.17, 15) is 9.59 Å². The van der Waals surface area contributed by atoms with Crippen molar-refractivity contribution in [3.05, 3.63) is 40.4 Å². The number of nitrogens with zero attached hydrogens (tertiary/aromatic N) is 2. The summed E-state index contributed by atoms with van der Waals surface area (Å²) in [7, 11) is 0. The zero-order valence-corrected chi connectivity index (χ0v) is 13.5. The molecule has 0 saturated heterocycles. The fraction of sp³-hybridized carbons (Fsp3) is 0.267. The molecule has 2 aromatic rings. The Bertz CT molecular complexity index is 670. The number of thiazole rings is 1. The van der Waals surface area contributed by atoms with E-state index >= 15 is 0 Å². The van der Waals surface area contributed by atoms with Crippen molar-refractivity contribution >= 4 is 34.8 Å². The first-order valence-electron chi connectivity index (χ1n) is 6.73. The van der Waals surface area contributed by atoms with E-state index in [-0.39, 0.29) is 18.9 Å². The van der Waals surface area contributed by atoms with Crippen molar-refractivity contribution in [3.8, 4) is 10.6 Å². The van der Waals surface area contributed by atoms with E-state index in [1.54, 1.807) is 17.5 Å². The van der Waals surface area contributed by atoms with Crippen molar-refractivity contribution in [1.29, 1.82) is 0 Å². The van der Waals surface area contributed by atoms with Crippen LogP contribution in [0.2, 0.25) is 5.02 Å². The predicted molar refractivity (Wildman–Crippen MR) is 86.4 cm³/mol. The number of carboxylic acid groups (broad SMARTS) is 1. The quantitative estimate of drug-likeness (QED) is 0.876. The third kappa shape index (κ3) is 4.05. The van der Waals surface area contributed by atoms with Gasteiger partial charge in [-0.05, 0) is 19.1 Å². The largest absolute Gasteiger partial charge is 0.481 e.